The van der Waals surface area contributed by atoms with Gasteiger partial charge in [-0.25, -0.2) is 0 Å². The summed E-state index contributed by atoms with van der Waals surface area (Å²) in [6.07, 6.45) is 0.339. The lowest BCUT2D eigenvalue weighted by molar-refractivity contribution is -0.142. The van der Waals surface area contributed by atoms with E-state index in [0.717, 1.165) is 13.6 Å². The summed E-state index contributed by atoms with van der Waals surface area (Å²) < 4.78 is 6.96. The zero-order valence-electron chi connectivity index (χ0n) is 7.72. The number of hydrogen-bond donors (Lipinski definition) is 0. The Kier molecular flexibility index (Phi) is 4.88. The average molecular weight is 369 g/mol. The molecule has 0 N–H and O–H groups in total. The van der Waals surface area contributed by atoms with Crippen molar-refractivity contribution in [2.45, 2.75) is 13.3 Å². The highest BCUT2D eigenvalue weighted by molar-refractivity contribution is 14.1. The molecule has 0 fully saturated rings. The molecule has 0 saturated carbocycles. The maximum Gasteiger partial charge on any atom is 0.310 e. The Morgan fingerprint density at radius 1 is 1.57 bits per heavy atom. The molecule has 0 aliphatic rings. The molecule has 0 unspecified atom stereocenters. The lowest BCUT2D eigenvalue weighted by atomic mass is 10.2. The van der Waals surface area contributed by atoms with Crippen LogP contribution in [0.15, 0.2) is 22.7 Å². The van der Waals surface area contributed by atoms with E-state index in [1.807, 2.05) is 25.1 Å². The second kappa shape index (κ2) is 5.70. The van der Waals surface area contributed by atoms with Crippen LogP contribution in [0.2, 0.25) is 0 Å². The van der Waals surface area contributed by atoms with Crippen LogP contribution < -0.4 is 0 Å². The third-order valence-corrected chi connectivity index (χ3v) is 4.35. The van der Waals surface area contributed by atoms with Gasteiger partial charge in [0.1, 0.15) is 0 Å². The normalized spacial score (nSPS) is 9.93. The van der Waals surface area contributed by atoms with Gasteiger partial charge in [0.25, 0.3) is 0 Å². The summed E-state index contributed by atoms with van der Waals surface area (Å²) in [6.45, 7) is 2.24. The van der Waals surface area contributed by atoms with E-state index in [1.54, 1.807) is 0 Å². The van der Waals surface area contributed by atoms with E-state index >= 15 is 0 Å². The number of hydrogen-bond acceptors (Lipinski definition) is 2. The molecule has 0 spiro atoms. The molecule has 14 heavy (non-hydrogen) atoms. The highest BCUT2D eigenvalue weighted by Crippen LogP contribution is 2.22. The molecule has 76 valence electrons. The molecule has 0 bridgehead atoms. The Morgan fingerprint density at radius 3 is 2.93 bits per heavy atom. The largest absolute Gasteiger partial charge is 0.466 e. The van der Waals surface area contributed by atoms with Gasteiger partial charge >= 0.3 is 5.97 Å². The molecule has 0 aliphatic carbocycles. The van der Waals surface area contributed by atoms with Crippen LogP contribution in [0.5, 0.6) is 0 Å². The number of ether oxygens (including phenoxy) is 1. The second-order valence-corrected chi connectivity index (χ2v) is 4.63. The first-order valence-electron chi connectivity index (χ1n) is 4.23. The van der Waals surface area contributed by atoms with Gasteiger partial charge in [-0.1, -0.05) is 12.1 Å². The molecule has 0 heterocycles. The Morgan fingerprint density at radius 2 is 2.29 bits per heavy atom. The summed E-state index contributed by atoms with van der Waals surface area (Å²) in [7, 11) is 0. The predicted octanol–water partition coefficient (Wildman–Crippen LogP) is 3.16. The lowest BCUT2D eigenvalue weighted by Crippen LogP contribution is -2.08. The van der Waals surface area contributed by atoms with Crippen LogP contribution in [-0.2, 0) is 16.0 Å². The van der Waals surface area contributed by atoms with Crippen LogP contribution in [0.25, 0.3) is 0 Å². The average Bonchev–Trinajstić information content (AvgIpc) is 2.13. The van der Waals surface area contributed by atoms with Crippen LogP contribution in [-0.4, -0.2) is 12.6 Å². The van der Waals surface area contributed by atoms with Gasteiger partial charge in [0.2, 0.25) is 0 Å². The van der Waals surface area contributed by atoms with Crippen molar-refractivity contribution >= 4 is 44.5 Å². The maximum absolute atomic E-state index is 11.2. The minimum atomic E-state index is -0.177. The zero-order chi connectivity index (χ0) is 10.6. The minimum Gasteiger partial charge on any atom is -0.466 e. The van der Waals surface area contributed by atoms with Crippen molar-refractivity contribution in [1.82, 2.24) is 0 Å². The van der Waals surface area contributed by atoms with Crippen molar-refractivity contribution in [2.24, 2.45) is 0 Å². The van der Waals surface area contributed by atoms with E-state index in [4.69, 9.17) is 4.74 Å². The summed E-state index contributed by atoms with van der Waals surface area (Å²) in [6, 6.07) is 5.81. The van der Waals surface area contributed by atoms with Gasteiger partial charge in [0, 0.05) is 8.04 Å². The Bertz CT molecular complexity index is 339. The number of carbonyl (C=O) groups is 1. The first-order valence-corrected chi connectivity index (χ1v) is 6.10. The van der Waals surface area contributed by atoms with E-state index in [-0.39, 0.29) is 5.97 Å². The van der Waals surface area contributed by atoms with Crippen molar-refractivity contribution in [3.8, 4) is 0 Å². The van der Waals surface area contributed by atoms with Crippen LogP contribution in [0, 0.1) is 3.57 Å². The standard InChI is InChI=1S/C10H10BrIO2/c1-2-14-9(13)6-7-4-3-5-8(11)10(7)12/h3-5H,2,6H2,1H3. The van der Waals surface area contributed by atoms with Gasteiger partial charge in [-0.2, -0.15) is 0 Å². The molecular weight excluding hydrogens is 359 g/mol. The van der Waals surface area contributed by atoms with Gasteiger partial charge < -0.3 is 4.74 Å². The van der Waals surface area contributed by atoms with E-state index in [1.165, 1.54) is 0 Å². The summed E-state index contributed by atoms with van der Waals surface area (Å²) in [5.74, 6) is -0.177. The van der Waals surface area contributed by atoms with Crippen LogP contribution in [0.1, 0.15) is 12.5 Å². The third-order valence-electron chi connectivity index (χ3n) is 1.67. The summed E-state index contributed by atoms with van der Waals surface area (Å²) in [5.41, 5.74) is 0.999. The molecule has 1 aromatic carbocycles. The smallest absolute Gasteiger partial charge is 0.310 e. The Labute approximate surface area is 105 Å². The van der Waals surface area contributed by atoms with Crippen molar-refractivity contribution < 1.29 is 9.53 Å². The summed E-state index contributed by atoms with van der Waals surface area (Å²) in [5, 5.41) is 0. The molecule has 0 amide bonds. The number of esters is 1. The quantitative estimate of drug-likeness (QED) is 0.605. The molecule has 0 aromatic heterocycles. The second-order valence-electron chi connectivity index (χ2n) is 2.69. The molecule has 4 heteroatoms. The van der Waals surface area contributed by atoms with Crippen molar-refractivity contribution in [3.63, 3.8) is 0 Å². The van der Waals surface area contributed by atoms with Gasteiger partial charge in [-0.05, 0) is 57.1 Å². The van der Waals surface area contributed by atoms with Gasteiger partial charge in [-0.15, -0.1) is 0 Å². The predicted molar refractivity (Wildman–Crippen MR) is 67.2 cm³/mol. The Hall–Kier alpha value is -0.100. The van der Waals surface area contributed by atoms with E-state index in [0.29, 0.717) is 13.0 Å². The number of rotatable bonds is 3. The zero-order valence-corrected chi connectivity index (χ0v) is 11.5. The van der Waals surface area contributed by atoms with Gasteiger partial charge in [-0.3, -0.25) is 4.79 Å². The fourth-order valence-corrected chi connectivity index (χ4v) is 2.01. The fourth-order valence-electron chi connectivity index (χ4n) is 1.05. The molecule has 0 saturated heterocycles. The molecule has 1 aromatic rings. The highest BCUT2D eigenvalue weighted by Gasteiger charge is 2.08. The molecule has 0 aliphatic heterocycles. The van der Waals surface area contributed by atoms with E-state index in [9.17, 15) is 4.79 Å². The minimum absolute atomic E-state index is 0.177. The third kappa shape index (κ3) is 3.24. The number of halogens is 2. The Balaban J connectivity index is 2.76. The molecule has 2 nitrogen and oxygen atoms in total. The van der Waals surface area contributed by atoms with Crippen molar-refractivity contribution in [3.05, 3.63) is 31.8 Å². The van der Waals surface area contributed by atoms with E-state index < -0.39 is 0 Å². The highest BCUT2D eigenvalue weighted by atomic mass is 127. The molecular formula is C10H10BrIO2. The summed E-state index contributed by atoms with van der Waals surface area (Å²) in [4.78, 5) is 11.2. The van der Waals surface area contributed by atoms with Crippen molar-refractivity contribution in [1.29, 1.82) is 0 Å². The lowest BCUT2D eigenvalue weighted by Gasteiger charge is -2.05. The maximum atomic E-state index is 11.2. The van der Waals surface area contributed by atoms with Gasteiger partial charge in [0.05, 0.1) is 13.0 Å². The van der Waals surface area contributed by atoms with Crippen molar-refractivity contribution in [2.75, 3.05) is 6.61 Å². The monoisotopic (exact) mass is 368 g/mol. The first-order chi connectivity index (χ1) is 6.65. The first kappa shape index (κ1) is 12.0. The fraction of sp³-hybridized carbons (Fsp3) is 0.300. The molecule has 0 atom stereocenters. The summed E-state index contributed by atoms with van der Waals surface area (Å²) >= 11 is 5.63. The van der Waals surface area contributed by atoms with E-state index in [2.05, 4.69) is 38.5 Å². The van der Waals surface area contributed by atoms with Crippen LogP contribution >= 0.6 is 38.5 Å². The topological polar surface area (TPSA) is 26.3 Å². The number of carbonyl (C=O) groups excluding carboxylic acids is 1. The molecule has 0 radical (unpaired) electrons. The molecule has 1 rings (SSSR count). The van der Waals surface area contributed by atoms with Crippen LogP contribution in [0.4, 0.5) is 0 Å². The SMILES string of the molecule is CCOC(=O)Cc1cccc(Br)c1I. The van der Waals surface area contributed by atoms with Gasteiger partial charge in [0.15, 0.2) is 0 Å². The number of benzene rings is 1. The van der Waals surface area contributed by atoms with Crippen LogP contribution in [0.3, 0.4) is 0 Å².